The number of rotatable bonds is 7. The Morgan fingerprint density at radius 2 is 1.80 bits per heavy atom. The van der Waals surface area contributed by atoms with Crippen molar-refractivity contribution in [3.05, 3.63) is 28.8 Å². The molecule has 1 rings (SSSR count). The summed E-state index contributed by atoms with van der Waals surface area (Å²) in [7, 11) is 0. The van der Waals surface area contributed by atoms with Gasteiger partial charge in [0, 0.05) is 12.2 Å². The minimum Gasteiger partial charge on any atom is -0.395 e. The number of hydrogen-bond donors (Lipinski definition) is 2. The van der Waals surface area contributed by atoms with Crippen LogP contribution in [0, 0.1) is 20.8 Å². The Morgan fingerprint density at radius 3 is 2.30 bits per heavy atom. The van der Waals surface area contributed by atoms with E-state index in [1.165, 1.54) is 5.56 Å². The maximum absolute atomic E-state index is 12.1. The number of benzene rings is 1. The van der Waals surface area contributed by atoms with Gasteiger partial charge in [-0.05, 0) is 44.9 Å². The fraction of sp³-hybridized carbons (Fsp3) is 0.562. The molecule has 0 saturated carbocycles. The Labute approximate surface area is 121 Å². The van der Waals surface area contributed by atoms with Crippen LogP contribution in [0.25, 0.3) is 0 Å². The van der Waals surface area contributed by atoms with Crippen LogP contribution in [0.3, 0.4) is 0 Å². The minimum absolute atomic E-state index is 0.0260. The van der Waals surface area contributed by atoms with E-state index in [0.717, 1.165) is 29.8 Å². The zero-order valence-corrected chi connectivity index (χ0v) is 13.0. The van der Waals surface area contributed by atoms with Crippen LogP contribution in [0.2, 0.25) is 0 Å². The van der Waals surface area contributed by atoms with Gasteiger partial charge in [0.2, 0.25) is 5.91 Å². The first-order valence-corrected chi connectivity index (χ1v) is 7.18. The molecular formula is C16H26N2O2. The van der Waals surface area contributed by atoms with Gasteiger partial charge in [-0.25, -0.2) is 0 Å². The Morgan fingerprint density at radius 1 is 1.20 bits per heavy atom. The normalized spacial score (nSPS) is 10.9. The van der Waals surface area contributed by atoms with Crippen molar-refractivity contribution in [3.8, 4) is 0 Å². The van der Waals surface area contributed by atoms with Crippen molar-refractivity contribution < 1.29 is 9.90 Å². The molecule has 0 saturated heterocycles. The Hall–Kier alpha value is -1.39. The Balaban J connectivity index is 2.70. The number of nitrogens with one attached hydrogen (secondary N) is 1. The Kier molecular flexibility index (Phi) is 6.68. The van der Waals surface area contributed by atoms with Gasteiger partial charge in [-0.2, -0.15) is 0 Å². The molecular weight excluding hydrogens is 252 g/mol. The van der Waals surface area contributed by atoms with E-state index in [9.17, 15) is 4.79 Å². The largest absolute Gasteiger partial charge is 0.395 e. The number of aryl methyl sites for hydroxylation is 3. The second kappa shape index (κ2) is 8.02. The summed E-state index contributed by atoms with van der Waals surface area (Å²) >= 11 is 0. The predicted molar refractivity (Wildman–Crippen MR) is 83.1 cm³/mol. The summed E-state index contributed by atoms with van der Waals surface area (Å²) in [5, 5.41) is 12.0. The molecule has 0 fully saturated rings. The molecule has 0 bridgehead atoms. The lowest BCUT2D eigenvalue weighted by Gasteiger charge is -2.20. The predicted octanol–water partition coefficient (Wildman–Crippen LogP) is 2.25. The van der Waals surface area contributed by atoms with Crippen LogP contribution < -0.4 is 5.32 Å². The third kappa shape index (κ3) is 4.94. The molecule has 4 heteroatoms. The smallest absolute Gasteiger partial charge is 0.238 e. The number of carbonyl (C=O) groups is 1. The van der Waals surface area contributed by atoms with Crippen LogP contribution in [-0.2, 0) is 4.79 Å². The van der Waals surface area contributed by atoms with Crippen molar-refractivity contribution in [1.82, 2.24) is 4.90 Å². The van der Waals surface area contributed by atoms with Gasteiger partial charge in [-0.3, -0.25) is 9.69 Å². The SMILES string of the molecule is CCCN(CCO)CC(=O)Nc1c(C)cc(C)cc1C. The number of carbonyl (C=O) groups excluding carboxylic acids is 1. The molecule has 0 unspecified atom stereocenters. The molecule has 0 aliphatic carbocycles. The maximum atomic E-state index is 12.1. The second-order valence-electron chi connectivity index (χ2n) is 5.32. The Bertz CT molecular complexity index is 429. The first-order valence-electron chi connectivity index (χ1n) is 7.18. The minimum atomic E-state index is -0.0260. The number of nitrogens with zero attached hydrogens (tertiary/aromatic N) is 1. The van der Waals surface area contributed by atoms with E-state index in [4.69, 9.17) is 5.11 Å². The summed E-state index contributed by atoms with van der Waals surface area (Å²) < 4.78 is 0. The molecule has 0 aliphatic heterocycles. The lowest BCUT2D eigenvalue weighted by Crippen LogP contribution is -2.36. The zero-order valence-electron chi connectivity index (χ0n) is 13.0. The summed E-state index contributed by atoms with van der Waals surface area (Å²) in [6, 6.07) is 4.14. The van der Waals surface area contributed by atoms with Crippen molar-refractivity contribution >= 4 is 11.6 Å². The highest BCUT2D eigenvalue weighted by Gasteiger charge is 2.12. The highest BCUT2D eigenvalue weighted by molar-refractivity contribution is 5.93. The number of aliphatic hydroxyl groups excluding tert-OH is 1. The highest BCUT2D eigenvalue weighted by atomic mass is 16.3. The standard InChI is InChI=1S/C16H26N2O2/c1-5-6-18(7-8-19)11-15(20)17-16-13(3)9-12(2)10-14(16)4/h9-10,19H,5-8,11H2,1-4H3,(H,17,20). The van der Waals surface area contributed by atoms with Gasteiger partial charge in [-0.1, -0.05) is 24.6 Å². The molecule has 4 nitrogen and oxygen atoms in total. The van der Waals surface area contributed by atoms with Crippen molar-refractivity contribution in [3.63, 3.8) is 0 Å². The lowest BCUT2D eigenvalue weighted by molar-refractivity contribution is -0.117. The van der Waals surface area contributed by atoms with Gasteiger partial charge in [0.1, 0.15) is 0 Å². The van der Waals surface area contributed by atoms with Gasteiger partial charge < -0.3 is 10.4 Å². The van der Waals surface area contributed by atoms with Gasteiger partial charge in [0.25, 0.3) is 0 Å². The first-order chi connectivity index (χ1) is 9.47. The maximum Gasteiger partial charge on any atom is 0.238 e. The van der Waals surface area contributed by atoms with Crippen molar-refractivity contribution in [1.29, 1.82) is 0 Å². The number of amides is 1. The third-order valence-electron chi connectivity index (χ3n) is 3.26. The van der Waals surface area contributed by atoms with Crippen LogP contribution in [0.1, 0.15) is 30.0 Å². The number of hydrogen-bond acceptors (Lipinski definition) is 3. The van der Waals surface area contributed by atoms with Gasteiger partial charge in [-0.15, -0.1) is 0 Å². The van der Waals surface area contributed by atoms with E-state index in [0.29, 0.717) is 13.1 Å². The van der Waals surface area contributed by atoms with Gasteiger partial charge in [0.05, 0.1) is 13.2 Å². The molecule has 0 atom stereocenters. The van der Waals surface area contributed by atoms with Crippen molar-refractivity contribution in [2.24, 2.45) is 0 Å². The molecule has 0 radical (unpaired) electrons. The summed E-state index contributed by atoms with van der Waals surface area (Å²) in [4.78, 5) is 14.1. The zero-order chi connectivity index (χ0) is 15.1. The molecule has 1 amide bonds. The van der Waals surface area contributed by atoms with Crippen molar-refractivity contribution in [2.75, 3.05) is 31.6 Å². The third-order valence-corrected chi connectivity index (χ3v) is 3.26. The topological polar surface area (TPSA) is 52.6 Å². The van der Waals surface area contributed by atoms with E-state index < -0.39 is 0 Å². The molecule has 1 aromatic rings. The molecule has 112 valence electrons. The second-order valence-corrected chi connectivity index (χ2v) is 5.32. The van der Waals surface area contributed by atoms with Gasteiger partial charge in [0.15, 0.2) is 0 Å². The van der Waals surface area contributed by atoms with Crippen LogP contribution in [0.5, 0.6) is 0 Å². The van der Waals surface area contributed by atoms with Crippen LogP contribution >= 0.6 is 0 Å². The van der Waals surface area contributed by atoms with Crippen LogP contribution in [0.4, 0.5) is 5.69 Å². The quantitative estimate of drug-likeness (QED) is 0.804. The van der Waals surface area contributed by atoms with Crippen LogP contribution in [0.15, 0.2) is 12.1 Å². The summed E-state index contributed by atoms with van der Waals surface area (Å²) in [5.41, 5.74) is 4.27. The van der Waals surface area contributed by atoms with E-state index in [1.807, 2.05) is 18.7 Å². The average Bonchev–Trinajstić information content (AvgIpc) is 2.34. The first kappa shape index (κ1) is 16.7. The fourth-order valence-corrected chi connectivity index (χ4v) is 2.49. The number of aliphatic hydroxyl groups is 1. The summed E-state index contributed by atoms with van der Waals surface area (Å²) in [5.74, 6) is -0.0260. The van der Waals surface area contributed by atoms with E-state index in [1.54, 1.807) is 0 Å². The molecule has 0 spiro atoms. The van der Waals surface area contributed by atoms with Crippen molar-refractivity contribution in [2.45, 2.75) is 34.1 Å². The molecule has 0 heterocycles. The summed E-state index contributed by atoms with van der Waals surface area (Å²) in [6.07, 6.45) is 0.968. The number of anilines is 1. The van der Waals surface area contributed by atoms with E-state index >= 15 is 0 Å². The molecule has 0 aromatic heterocycles. The molecule has 20 heavy (non-hydrogen) atoms. The van der Waals surface area contributed by atoms with E-state index in [-0.39, 0.29) is 12.5 Å². The molecule has 1 aromatic carbocycles. The average molecular weight is 278 g/mol. The molecule has 0 aliphatic rings. The van der Waals surface area contributed by atoms with Gasteiger partial charge >= 0.3 is 0 Å². The summed E-state index contributed by atoms with van der Waals surface area (Å²) in [6.45, 7) is 9.89. The monoisotopic (exact) mass is 278 g/mol. The van der Waals surface area contributed by atoms with E-state index in [2.05, 4.69) is 31.3 Å². The van der Waals surface area contributed by atoms with Crippen LogP contribution in [-0.4, -0.2) is 42.2 Å². The molecule has 2 N–H and O–H groups in total. The highest BCUT2D eigenvalue weighted by Crippen LogP contribution is 2.21. The fourth-order valence-electron chi connectivity index (χ4n) is 2.49. The lowest BCUT2D eigenvalue weighted by atomic mass is 10.1.